The van der Waals surface area contributed by atoms with Crippen LogP contribution in [0, 0.1) is 11.3 Å². The quantitative estimate of drug-likeness (QED) is 0.810. The Balaban J connectivity index is 2.48. The molecular weight excluding hydrogens is 224 g/mol. The molecule has 0 aliphatic heterocycles. The topological polar surface area (TPSA) is 41.1 Å². The smallest absolute Gasteiger partial charge is 0.237 e. The second-order valence-corrected chi connectivity index (χ2v) is 7.16. The molecule has 18 heavy (non-hydrogen) atoms. The maximum atomic E-state index is 11.9. The highest BCUT2D eigenvalue weighted by Gasteiger charge is 2.33. The van der Waals surface area contributed by atoms with E-state index in [1.165, 1.54) is 12.8 Å². The maximum absolute atomic E-state index is 11.9. The number of carbonyl (C=O) groups excluding carboxylic acids is 1. The average Bonchev–Trinajstić information content (AvgIpc) is 2.12. The predicted molar refractivity (Wildman–Crippen MR) is 76.5 cm³/mol. The zero-order valence-electron chi connectivity index (χ0n) is 12.8. The lowest BCUT2D eigenvalue weighted by Crippen LogP contribution is -2.50. The Kier molecular flexibility index (Phi) is 5.20. The van der Waals surface area contributed by atoms with Gasteiger partial charge in [0.05, 0.1) is 6.04 Å². The molecule has 1 saturated carbocycles. The standard InChI is InChI=1S/C15H30N2O/c1-10(2)16-14(18)12(4)17-13-7-11(3)8-15(5,6)9-13/h10-13,17H,7-9H2,1-6H3,(H,16,18). The summed E-state index contributed by atoms with van der Waals surface area (Å²) in [6, 6.07) is 0.582. The molecule has 0 saturated heterocycles. The highest BCUT2D eigenvalue weighted by atomic mass is 16.2. The lowest BCUT2D eigenvalue weighted by atomic mass is 9.70. The molecule has 0 aromatic heterocycles. The predicted octanol–water partition coefficient (Wildman–Crippen LogP) is 2.70. The van der Waals surface area contributed by atoms with Crippen molar-refractivity contribution in [3.8, 4) is 0 Å². The Hall–Kier alpha value is -0.570. The molecule has 3 unspecified atom stereocenters. The van der Waals surface area contributed by atoms with Crippen LogP contribution in [0.3, 0.4) is 0 Å². The first-order valence-corrected chi connectivity index (χ1v) is 7.26. The van der Waals surface area contributed by atoms with Gasteiger partial charge in [0.25, 0.3) is 0 Å². The number of nitrogens with one attached hydrogen (secondary N) is 2. The van der Waals surface area contributed by atoms with Crippen LogP contribution < -0.4 is 10.6 Å². The van der Waals surface area contributed by atoms with Crippen molar-refractivity contribution in [1.29, 1.82) is 0 Å². The summed E-state index contributed by atoms with van der Waals surface area (Å²) in [7, 11) is 0. The molecule has 0 radical (unpaired) electrons. The number of hydrogen-bond donors (Lipinski definition) is 2. The second kappa shape index (κ2) is 6.05. The summed E-state index contributed by atoms with van der Waals surface area (Å²) >= 11 is 0. The van der Waals surface area contributed by atoms with E-state index in [0.29, 0.717) is 11.5 Å². The van der Waals surface area contributed by atoms with Crippen molar-refractivity contribution in [1.82, 2.24) is 10.6 Å². The minimum atomic E-state index is -0.0986. The third kappa shape index (κ3) is 4.97. The van der Waals surface area contributed by atoms with Gasteiger partial charge in [0.2, 0.25) is 5.91 Å². The highest BCUT2D eigenvalue weighted by Crippen LogP contribution is 2.38. The molecule has 2 N–H and O–H groups in total. The van der Waals surface area contributed by atoms with Gasteiger partial charge in [-0.05, 0) is 51.4 Å². The molecular formula is C15H30N2O. The second-order valence-electron chi connectivity index (χ2n) is 7.16. The zero-order chi connectivity index (χ0) is 13.9. The zero-order valence-corrected chi connectivity index (χ0v) is 12.8. The summed E-state index contributed by atoms with van der Waals surface area (Å²) in [4.78, 5) is 11.9. The Labute approximate surface area is 112 Å². The summed E-state index contributed by atoms with van der Waals surface area (Å²) in [5.74, 6) is 0.854. The van der Waals surface area contributed by atoms with Crippen LogP contribution in [0.4, 0.5) is 0 Å². The van der Waals surface area contributed by atoms with E-state index in [1.54, 1.807) is 0 Å². The molecule has 3 atom stereocenters. The van der Waals surface area contributed by atoms with Crippen molar-refractivity contribution in [3.63, 3.8) is 0 Å². The minimum absolute atomic E-state index is 0.0986. The van der Waals surface area contributed by atoms with E-state index < -0.39 is 0 Å². The van der Waals surface area contributed by atoms with Crippen LogP contribution in [0.5, 0.6) is 0 Å². The molecule has 0 bridgehead atoms. The molecule has 0 aromatic rings. The van der Waals surface area contributed by atoms with Crippen molar-refractivity contribution < 1.29 is 4.79 Å². The maximum Gasteiger partial charge on any atom is 0.237 e. The third-order valence-corrected chi connectivity index (χ3v) is 3.70. The molecule has 1 fully saturated rings. The monoisotopic (exact) mass is 254 g/mol. The SMILES string of the molecule is CC1CC(NC(C)C(=O)NC(C)C)CC(C)(C)C1. The number of hydrogen-bond acceptors (Lipinski definition) is 2. The Bertz CT molecular complexity index is 286. The summed E-state index contributed by atoms with van der Waals surface area (Å²) in [5, 5.41) is 6.46. The van der Waals surface area contributed by atoms with Crippen LogP contribution in [0.15, 0.2) is 0 Å². The van der Waals surface area contributed by atoms with Crippen molar-refractivity contribution in [2.75, 3.05) is 0 Å². The van der Waals surface area contributed by atoms with Crippen LogP contribution in [0.1, 0.15) is 60.8 Å². The lowest BCUT2D eigenvalue weighted by Gasteiger charge is -2.40. The van der Waals surface area contributed by atoms with E-state index in [0.717, 1.165) is 12.3 Å². The molecule has 1 aliphatic rings. The average molecular weight is 254 g/mol. The fourth-order valence-corrected chi connectivity index (χ4v) is 3.31. The largest absolute Gasteiger partial charge is 0.353 e. The van der Waals surface area contributed by atoms with Crippen LogP contribution in [-0.4, -0.2) is 24.0 Å². The first kappa shape index (κ1) is 15.5. The summed E-state index contributed by atoms with van der Waals surface area (Å²) in [6.07, 6.45) is 3.64. The van der Waals surface area contributed by atoms with Crippen LogP contribution in [0.2, 0.25) is 0 Å². The van der Waals surface area contributed by atoms with Gasteiger partial charge in [-0.3, -0.25) is 4.79 Å². The first-order chi connectivity index (χ1) is 8.19. The highest BCUT2D eigenvalue weighted by molar-refractivity contribution is 5.81. The van der Waals surface area contributed by atoms with Crippen molar-refractivity contribution >= 4 is 5.91 Å². The normalized spacial score (nSPS) is 29.1. The Morgan fingerprint density at radius 2 is 1.83 bits per heavy atom. The van der Waals surface area contributed by atoms with E-state index >= 15 is 0 Å². The van der Waals surface area contributed by atoms with Gasteiger partial charge >= 0.3 is 0 Å². The van der Waals surface area contributed by atoms with Gasteiger partial charge < -0.3 is 10.6 Å². The third-order valence-electron chi connectivity index (χ3n) is 3.70. The Morgan fingerprint density at radius 1 is 1.22 bits per heavy atom. The molecule has 0 heterocycles. The molecule has 0 spiro atoms. The molecule has 1 aliphatic carbocycles. The number of amides is 1. The van der Waals surface area contributed by atoms with Gasteiger partial charge in [-0.25, -0.2) is 0 Å². The van der Waals surface area contributed by atoms with E-state index in [1.807, 2.05) is 20.8 Å². The van der Waals surface area contributed by atoms with Gasteiger partial charge in [-0.2, -0.15) is 0 Å². The molecule has 1 rings (SSSR count). The van der Waals surface area contributed by atoms with Gasteiger partial charge in [0.1, 0.15) is 0 Å². The molecule has 106 valence electrons. The van der Waals surface area contributed by atoms with Crippen molar-refractivity contribution in [2.24, 2.45) is 11.3 Å². The van der Waals surface area contributed by atoms with E-state index in [-0.39, 0.29) is 18.0 Å². The molecule has 0 aromatic carbocycles. The first-order valence-electron chi connectivity index (χ1n) is 7.26. The van der Waals surface area contributed by atoms with Crippen LogP contribution in [0.25, 0.3) is 0 Å². The van der Waals surface area contributed by atoms with Crippen LogP contribution >= 0.6 is 0 Å². The molecule has 1 amide bonds. The van der Waals surface area contributed by atoms with Crippen molar-refractivity contribution in [3.05, 3.63) is 0 Å². The number of carbonyl (C=O) groups is 1. The van der Waals surface area contributed by atoms with Crippen molar-refractivity contribution in [2.45, 2.75) is 78.9 Å². The minimum Gasteiger partial charge on any atom is -0.353 e. The van der Waals surface area contributed by atoms with E-state index in [9.17, 15) is 4.79 Å². The number of rotatable bonds is 4. The van der Waals surface area contributed by atoms with Gasteiger partial charge in [0.15, 0.2) is 0 Å². The Morgan fingerprint density at radius 3 is 2.33 bits per heavy atom. The van der Waals surface area contributed by atoms with Crippen LogP contribution in [-0.2, 0) is 4.79 Å². The summed E-state index contributed by atoms with van der Waals surface area (Å²) < 4.78 is 0. The van der Waals surface area contributed by atoms with E-state index in [4.69, 9.17) is 0 Å². The molecule has 3 heteroatoms. The fraction of sp³-hybridized carbons (Fsp3) is 0.933. The molecule has 3 nitrogen and oxygen atoms in total. The van der Waals surface area contributed by atoms with E-state index in [2.05, 4.69) is 31.4 Å². The summed E-state index contributed by atoms with van der Waals surface area (Å²) in [6.45, 7) is 12.9. The fourth-order valence-electron chi connectivity index (χ4n) is 3.31. The van der Waals surface area contributed by atoms with Gasteiger partial charge in [-0.15, -0.1) is 0 Å². The van der Waals surface area contributed by atoms with Gasteiger partial charge in [-0.1, -0.05) is 20.8 Å². The summed E-state index contributed by atoms with van der Waals surface area (Å²) in [5.41, 5.74) is 0.392. The lowest BCUT2D eigenvalue weighted by molar-refractivity contribution is -0.123. The van der Waals surface area contributed by atoms with Gasteiger partial charge in [0, 0.05) is 12.1 Å².